The Labute approximate surface area is 210 Å². The quantitative estimate of drug-likeness (QED) is 0.101. The van der Waals surface area contributed by atoms with Gasteiger partial charge in [0.15, 0.2) is 0 Å². The van der Waals surface area contributed by atoms with Crippen LogP contribution in [-0.4, -0.2) is 23.2 Å². The summed E-state index contributed by atoms with van der Waals surface area (Å²) in [5.41, 5.74) is -0.792. The lowest BCUT2D eigenvalue weighted by Crippen LogP contribution is -2.42. The Balaban J connectivity index is 4.27. The minimum atomic E-state index is -0.792. The summed E-state index contributed by atoms with van der Waals surface area (Å²) >= 11 is 0. The maximum absolute atomic E-state index is 12.2. The van der Waals surface area contributed by atoms with Gasteiger partial charge in [0.1, 0.15) is 0 Å². The molecule has 0 spiro atoms. The molecule has 0 unspecified atom stereocenters. The zero-order chi connectivity index (χ0) is 25.2. The van der Waals surface area contributed by atoms with Crippen molar-refractivity contribution in [3.05, 3.63) is 72.9 Å². The van der Waals surface area contributed by atoms with Crippen LogP contribution in [0.1, 0.15) is 104 Å². The van der Waals surface area contributed by atoms with Crippen LogP contribution >= 0.6 is 0 Å². The van der Waals surface area contributed by atoms with E-state index in [0.29, 0.717) is 6.54 Å². The molecule has 0 atom stereocenters. The van der Waals surface area contributed by atoms with E-state index in [1.807, 2.05) is 30.4 Å². The van der Waals surface area contributed by atoms with Crippen molar-refractivity contribution in [2.24, 2.45) is 0 Å². The van der Waals surface area contributed by atoms with Crippen LogP contribution in [0.15, 0.2) is 72.9 Å². The van der Waals surface area contributed by atoms with Gasteiger partial charge in [-0.25, -0.2) is 0 Å². The molecule has 2 N–H and O–H groups in total. The van der Waals surface area contributed by atoms with E-state index < -0.39 is 5.60 Å². The summed E-state index contributed by atoms with van der Waals surface area (Å²) in [6, 6.07) is 0. The van der Waals surface area contributed by atoms with E-state index >= 15 is 0 Å². The second kappa shape index (κ2) is 24.0. The number of hydrogen-bond acceptors (Lipinski definition) is 2. The highest BCUT2D eigenvalue weighted by molar-refractivity contribution is 5.87. The van der Waals surface area contributed by atoms with Crippen molar-refractivity contribution in [2.75, 3.05) is 6.54 Å². The Morgan fingerprint density at radius 1 is 0.676 bits per heavy atom. The van der Waals surface area contributed by atoms with Gasteiger partial charge in [-0.3, -0.25) is 4.79 Å². The first kappa shape index (κ1) is 31.9. The van der Waals surface area contributed by atoms with E-state index in [9.17, 15) is 9.90 Å². The van der Waals surface area contributed by atoms with Crippen molar-refractivity contribution in [1.82, 2.24) is 5.32 Å². The molecule has 0 bridgehead atoms. The Bertz CT molecular complexity index is 640. The smallest absolute Gasteiger partial charge is 0.244 e. The van der Waals surface area contributed by atoms with E-state index in [1.165, 1.54) is 31.8 Å². The van der Waals surface area contributed by atoms with Crippen molar-refractivity contribution < 1.29 is 9.90 Å². The molecule has 0 heterocycles. The first-order valence-electron chi connectivity index (χ1n) is 13.6. The Kier molecular flexibility index (Phi) is 22.5. The first-order chi connectivity index (χ1) is 16.6. The van der Waals surface area contributed by atoms with Crippen molar-refractivity contribution in [3.8, 4) is 0 Å². The Hall–Kier alpha value is -2.13. The average Bonchev–Trinajstić information content (AvgIpc) is 2.84. The van der Waals surface area contributed by atoms with Crippen LogP contribution in [0, 0.1) is 0 Å². The molecule has 3 nitrogen and oxygen atoms in total. The number of carbonyl (C=O) groups is 1. The monoisotopic (exact) mass is 469 g/mol. The predicted molar refractivity (Wildman–Crippen MR) is 150 cm³/mol. The fourth-order valence-corrected chi connectivity index (χ4v) is 3.53. The fourth-order valence-electron chi connectivity index (χ4n) is 3.53. The summed E-state index contributed by atoms with van der Waals surface area (Å²) in [6.45, 7) is 6.84. The second-order valence-electron chi connectivity index (χ2n) is 8.96. The molecule has 1 amide bonds. The summed E-state index contributed by atoms with van der Waals surface area (Å²) in [5, 5.41) is 14.0. The third kappa shape index (κ3) is 21.7. The molecule has 0 fully saturated rings. The van der Waals surface area contributed by atoms with Crippen LogP contribution in [0.2, 0.25) is 0 Å². The number of rotatable bonds is 21. The van der Waals surface area contributed by atoms with Crippen LogP contribution in [-0.2, 0) is 4.79 Å². The largest absolute Gasteiger partial charge is 0.388 e. The molecule has 3 heteroatoms. The van der Waals surface area contributed by atoms with Gasteiger partial charge < -0.3 is 10.4 Å². The molecule has 0 radical (unpaired) electrons. The topological polar surface area (TPSA) is 49.3 Å². The normalized spacial score (nSPS) is 13.2. The van der Waals surface area contributed by atoms with Gasteiger partial charge in [0.2, 0.25) is 5.91 Å². The SMILES string of the molecule is CCC=CC=CC=CCCC=CC=CC=CC(=O)NCC(O)(CCCCCC)CCCCCC. The molecule has 0 aliphatic rings. The van der Waals surface area contributed by atoms with Gasteiger partial charge in [-0.05, 0) is 32.1 Å². The van der Waals surface area contributed by atoms with Crippen molar-refractivity contribution in [3.63, 3.8) is 0 Å². The average molecular weight is 470 g/mol. The van der Waals surface area contributed by atoms with E-state index in [0.717, 1.165) is 57.8 Å². The lowest BCUT2D eigenvalue weighted by molar-refractivity contribution is -0.118. The Morgan fingerprint density at radius 3 is 1.68 bits per heavy atom. The van der Waals surface area contributed by atoms with Gasteiger partial charge in [-0.1, -0.05) is 139 Å². The Morgan fingerprint density at radius 2 is 1.18 bits per heavy atom. The lowest BCUT2D eigenvalue weighted by Gasteiger charge is -2.28. The molecular formula is C31H51NO2. The van der Waals surface area contributed by atoms with Crippen LogP contribution < -0.4 is 5.32 Å². The van der Waals surface area contributed by atoms with Crippen molar-refractivity contribution >= 4 is 5.91 Å². The summed E-state index contributed by atoms with van der Waals surface area (Å²) in [6.07, 6.45) is 37.4. The van der Waals surface area contributed by atoms with Gasteiger partial charge in [-0.15, -0.1) is 0 Å². The minimum Gasteiger partial charge on any atom is -0.388 e. The van der Waals surface area contributed by atoms with E-state index in [4.69, 9.17) is 0 Å². The maximum Gasteiger partial charge on any atom is 0.244 e. The number of amides is 1. The fraction of sp³-hybridized carbons (Fsp3) is 0.581. The molecule has 0 saturated heterocycles. The zero-order valence-corrected chi connectivity index (χ0v) is 22.2. The molecule has 0 aromatic heterocycles. The molecule has 0 saturated carbocycles. The standard InChI is InChI=1S/C31H51NO2/c1-4-7-10-13-14-15-16-17-18-19-20-21-22-23-26-30(33)32-29-31(34,27-24-11-8-5-2)28-25-12-9-6-3/h7,10,13-16,19-23,26,34H,4-6,8-9,11-12,17-18,24-25,27-29H2,1-3H3,(H,32,33). The summed E-state index contributed by atoms with van der Waals surface area (Å²) < 4.78 is 0. The molecule has 0 aromatic carbocycles. The summed E-state index contributed by atoms with van der Waals surface area (Å²) in [5.74, 6) is -0.152. The molecule has 192 valence electrons. The molecule has 0 rings (SSSR count). The van der Waals surface area contributed by atoms with Crippen molar-refractivity contribution in [1.29, 1.82) is 0 Å². The number of unbranched alkanes of at least 4 members (excludes halogenated alkanes) is 7. The van der Waals surface area contributed by atoms with Crippen LogP contribution in [0.4, 0.5) is 0 Å². The van der Waals surface area contributed by atoms with Gasteiger partial charge in [0.25, 0.3) is 0 Å². The number of allylic oxidation sites excluding steroid dienone is 11. The second-order valence-corrected chi connectivity index (χ2v) is 8.96. The molecular weight excluding hydrogens is 418 g/mol. The zero-order valence-electron chi connectivity index (χ0n) is 22.2. The number of carbonyl (C=O) groups excluding carboxylic acids is 1. The van der Waals surface area contributed by atoms with Crippen LogP contribution in [0.25, 0.3) is 0 Å². The molecule has 0 aliphatic carbocycles. The summed E-state index contributed by atoms with van der Waals surface area (Å²) in [4.78, 5) is 12.2. The summed E-state index contributed by atoms with van der Waals surface area (Å²) in [7, 11) is 0. The van der Waals surface area contributed by atoms with E-state index in [1.54, 1.807) is 6.08 Å². The lowest BCUT2D eigenvalue weighted by atomic mass is 9.89. The number of hydrogen-bond donors (Lipinski definition) is 2. The van der Waals surface area contributed by atoms with Crippen LogP contribution in [0.5, 0.6) is 0 Å². The number of nitrogens with one attached hydrogen (secondary N) is 1. The van der Waals surface area contributed by atoms with Gasteiger partial charge in [0, 0.05) is 12.6 Å². The third-order valence-electron chi connectivity index (χ3n) is 5.64. The predicted octanol–water partition coefficient (Wildman–Crippen LogP) is 8.30. The first-order valence-corrected chi connectivity index (χ1v) is 13.6. The highest BCUT2D eigenvalue weighted by atomic mass is 16.3. The molecule has 0 aromatic rings. The molecule has 0 aliphatic heterocycles. The third-order valence-corrected chi connectivity index (χ3v) is 5.64. The van der Waals surface area contributed by atoms with Crippen molar-refractivity contribution in [2.45, 2.75) is 110 Å². The van der Waals surface area contributed by atoms with Gasteiger partial charge in [0.05, 0.1) is 5.60 Å². The number of aliphatic hydroxyl groups is 1. The highest BCUT2D eigenvalue weighted by Gasteiger charge is 2.26. The molecule has 34 heavy (non-hydrogen) atoms. The van der Waals surface area contributed by atoms with E-state index in [2.05, 4.69) is 56.5 Å². The highest BCUT2D eigenvalue weighted by Crippen LogP contribution is 2.22. The maximum atomic E-state index is 12.2. The minimum absolute atomic E-state index is 0.152. The van der Waals surface area contributed by atoms with Gasteiger partial charge >= 0.3 is 0 Å². The van der Waals surface area contributed by atoms with Crippen LogP contribution in [0.3, 0.4) is 0 Å². The van der Waals surface area contributed by atoms with Gasteiger partial charge in [-0.2, -0.15) is 0 Å². The van der Waals surface area contributed by atoms with E-state index in [-0.39, 0.29) is 5.91 Å².